The molecule has 0 aliphatic carbocycles. The van der Waals surface area contributed by atoms with Crippen LogP contribution in [0.1, 0.15) is 24.2 Å². The third kappa shape index (κ3) is 8.79. The zero-order chi connectivity index (χ0) is 24.3. The summed E-state index contributed by atoms with van der Waals surface area (Å²) in [6.07, 6.45) is -0.571. The summed E-state index contributed by atoms with van der Waals surface area (Å²) in [5.74, 6) is 0.634. The molecule has 34 heavy (non-hydrogen) atoms. The van der Waals surface area contributed by atoms with Gasteiger partial charge in [-0.05, 0) is 32.0 Å². The molecule has 1 aromatic carbocycles. The lowest BCUT2D eigenvalue weighted by molar-refractivity contribution is -0.0633. The standard InChI is InChI=1S/C25H41N3O6/c1-20(2)34-19-22(29)16-27-11-14-33-24(17-27)18-28(8-7-26-9-12-32-13-10-26)25(30)21-5-4-6-23(15-21)31-3/h4-6,15,20,22,24,29H,7-14,16-19H2,1-3H3/t22-,24-/m1/s1. The fourth-order valence-electron chi connectivity index (χ4n) is 4.26. The summed E-state index contributed by atoms with van der Waals surface area (Å²) < 4.78 is 22.3. The highest BCUT2D eigenvalue weighted by molar-refractivity contribution is 5.94. The molecule has 0 saturated carbocycles. The molecule has 9 nitrogen and oxygen atoms in total. The number of methoxy groups -OCH3 is 1. The number of rotatable bonds is 12. The van der Waals surface area contributed by atoms with Crippen molar-refractivity contribution in [3.8, 4) is 5.75 Å². The maximum atomic E-state index is 13.5. The van der Waals surface area contributed by atoms with Gasteiger partial charge in [-0.15, -0.1) is 0 Å². The van der Waals surface area contributed by atoms with Crippen molar-refractivity contribution in [2.75, 3.05) is 85.9 Å². The van der Waals surface area contributed by atoms with Crippen LogP contribution in [0.2, 0.25) is 0 Å². The molecule has 2 heterocycles. The van der Waals surface area contributed by atoms with E-state index in [1.807, 2.05) is 36.9 Å². The van der Waals surface area contributed by atoms with Crippen LogP contribution in [-0.2, 0) is 14.2 Å². The van der Waals surface area contributed by atoms with Gasteiger partial charge in [-0.3, -0.25) is 14.6 Å². The molecule has 2 saturated heterocycles. The molecular formula is C25H41N3O6. The summed E-state index contributed by atoms with van der Waals surface area (Å²) in [6.45, 7) is 11.9. The molecule has 1 amide bonds. The van der Waals surface area contributed by atoms with Gasteiger partial charge >= 0.3 is 0 Å². The molecular weight excluding hydrogens is 438 g/mol. The van der Waals surface area contributed by atoms with E-state index < -0.39 is 6.10 Å². The number of hydrogen-bond donors (Lipinski definition) is 1. The number of aliphatic hydroxyl groups is 1. The SMILES string of the molecule is COc1cccc(C(=O)N(CCN2CCOCC2)C[C@H]2CN(C[C@@H](O)COC(C)C)CCO2)c1. The summed E-state index contributed by atoms with van der Waals surface area (Å²) in [7, 11) is 1.60. The van der Waals surface area contributed by atoms with Crippen molar-refractivity contribution in [3.05, 3.63) is 29.8 Å². The van der Waals surface area contributed by atoms with Crippen LogP contribution in [-0.4, -0.2) is 130 Å². The van der Waals surface area contributed by atoms with Crippen LogP contribution in [0.4, 0.5) is 0 Å². The number of benzene rings is 1. The van der Waals surface area contributed by atoms with Gasteiger partial charge in [-0.25, -0.2) is 0 Å². The van der Waals surface area contributed by atoms with Crippen LogP contribution in [0.5, 0.6) is 5.75 Å². The number of morpholine rings is 2. The van der Waals surface area contributed by atoms with Crippen molar-refractivity contribution in [2.24, 2.45) is 0 Å². The molecule has 2 fully saturated rings. The molecule has 2 aliphatic rings. The van der Waals surface area contributed by atoms with E-state index in [0.717, 1.165) is 39.4 Å². The lowest BCUT2D eigenvalue weighted by Gasteiger charge is -2.37. The molecule has 2 atom stereocenters. The van der Waals surface area contributed by atoms with Crippen LogP contribution in [0, 0.1) is 0 Å². The van der Waals surface area contributed by atoms with Crippen LogP contribution in [0.3, 0.4) is 0 Å². The van der Waals surface area contributed by atoms with Crippen molar-refractivity contribution in [3.63, 3.8) is 0 Å². The summed E-state index contributed by atoms with van der Waals surface area (Å²) in [5.41, 5.74) is 0.607. The van der Waals surface area contributed by atoms with Gasteiger partial charge in [0.15, 0.2) is 0 Å². The maximum Gasteiger partial charge on any atom is 0.254 e. The highest BCUT2D eigenvalue weighted by Crippen LogP contribution is 2.16. The fourth-order valence-corrected chi connectivity index (χ4v) is 4.26. The number of carbonyl (C=O) groups excluding carboxylic acids is 1. The first-order valence-corrected chi connectivity index (χ1v) is 12.3. The van der Waals surface area contributed by atoms with Crippen molar-refractivity contribution >= 4 is 5.91 Å². The molecule has 0 unspecified atom stereocenters. The van der Waals surface area contributed by atoms with Gasteiger partial charge in [0.25, 0.3) is 5.91 Å². The van der Waals surface area contributed by atoms with E-state index >= 15 is 0 Å². The smallest absolute Gasteiger partial charge is 0.254 e. The lowest BCUT2D eigenvalue weighted by atomic mass is 10.1. The largest absolute Gasteiger partial charge is 0.497 e. The summed E-state index contributed by atoms with van der Waals surface area (Å²) in [5, 5.41) is 10.3. The van der Waals surface area contributed by atoms with E-state index in [1.165, 1.54) is 0 Å². The van der Waals surface area contributed by atoms with E-state index in [9.17, 15) is 9.90 Å². The predicted octanol–water partition coefficient (Wildman–Crippen LogP) is 0.956. The third-order valence-electron chi connectivity index (χ3n) is 6.13. The average Bonchev–Trinajstić information content (AvgIpc) is 2.85. The Morgan fingerprint density at radius 3 is 2.71 bits per heavy atom. The summed E-state index contributed by atoms with van der Waals surface area (Å²) in [4.78, 5) is 19.9. The molecule has 0 spiro atoms. The highest BCUT2D eigenvalue weighted by Gasteiger charge is 2.27. The van der Waals surface area contributed by atoms with Gasteiger partial charge in [-0.2, -0.15) is 0 Å². The Morgan fingerprint density at radius 1 is 1.21 bits per heavy atom. The van der Waals surface area contributed by atoms with Crippen LogP contribution in [0.15, 0.2) is 24.3 Å². The predicted molar refractivity (Wildman–Crippen MR) is 129 cm³/mol. The van der Waals surface area contributed by atoms with Crippen molar-refractivity contribution in [1.82, 2.24) is 14.7 Å². The van der Waals surface area contributed by atoms with Gasteiger partial charge in [0, 0.05) is 57.9 Å². The zero-order valence-corrected chi connectivity index (χ0v) is 20.9. The molecule has 1 N–H and O–H groups in total. The van der Waals surface area contributed by atoms with E-state index in [2.05, 4.69) is 9.80 Å². The van der Waals surface area contributed by atoms with Gasteiger partial charge in [-0.1, -0.05) is 6.07 Å². The first-order valence-electron chi connectivity index (χ1n) is 12.3. The minimum absolute atomic E-state index is 0.0294. The molecule has 192 valence electrons. The molecule has 0 radical (unpaired) electrons. The van der Waals surface area contributed by atoms with Gasteiger partial charge in [0.05, 0.1) is 51.8 Å². The van der Waals surface area contributed by atoms with Gasteiger partial charge in [0.2, 0.25) is 0 Å². The number of amides is 1. The fraction of sp³-hybridized carbons (Fsp3) is 0.720. The number of aliphatic hydroxyl groups excluding tert-OH is 1. The van der Waals surface area contributed by atoms with Crippen molar-refractivity contribution < 1.29 is 28.8 Å². The summed E-state index contributed by atoms with van der Waals surface area (Å²) >= 11 is 0. The third-order valence-corrected chi connectivity index (χ3v) is 6.13. The molecule has 0 bridgehead atoms. The lowest BCUT2D eigenvalue weighted by Crippen LogP contribution is -2.52. The molecule has 2 aliphatic heterocycles. The van der Waals surface area contributed by atoms with Crippen LogP contribution in [0.25, 0.3) is 0 Å². The second kappa shape index (κ2) is 14.0. The number of hydrogen-bond acceptors (Lipinski definition) is 8. The Kier molecular flexibility index (Phi) is 11.0. The molecule has 0 aromatic heterocycles. The topological polar surface area (TPSA) is 83.9 Å². The second-order valence-corrected chi connectivity index (χ2v) is 9.23. The minimum Gasteiger partial charge on any atom is -0.497 e. The van der Waals surface area contributed by atoms with Gasteiger partial charge in [0.1, 0.15) is 5.75 Å². The minimum atomic E-state index is -0.544. The van der Waals surface area contributed by atoms with Crippen LogP contribution < -0.4 is 4.74 Å². The van der Waals surface area contributed by atoms with E-state index in [-0.39, 0.29) is 18.1 Å². The number of carbonyl (C=O) groups is 1. The number of β-amino-alcohol motifs (C(OH)–C–C–N with tert-alkyl or cyclic N) is 1. The molecule has 1 aromatic rings. The number of ether oxygens (including phenoxy) is 4. The van der Waals surface area contributed by atoms with Crippen molar-refractivity contribution in [1.29, 1.82) is 0 Å². The summed E-state index contributed by atoms with van der Waals surface area (Å²) in [6, 6.07) is 7.28. The quantitative estimate of drug-likeness (QED) is 0.475. The first-order chi connectivity index (χ1) is 16.4. The highest BCUT2D eigenvalue weighted by atomic mass is 16.5. The van der Waals surface area contributed by atoms with E-state index in [1.54, 1.807) is 13.2 Å². The molecule has 9 heteroatoms. The van der Waals surface area contributed by atoms with E-state index in [4.69, 9.17) is 18.9 Å². The second-order valence-electron chi connectivity index (χ2n) is 9.23. The Labute approximate surface area is 203 Å². The van der Waals surface area contributed by atoms with Gasteiger partial charge < -0.3 is 29.0 Å². The average molecular weight is 480 g/mol. The van der Waals surface area contributed by atoms with E-state index in [0.29, 0.717) is 50.7 Å². The maximum absolute atomic E-state index is 13.5. The Hall–Kier alpha value is -1.75. The Balaban J connectivity index is 1.61. The van der Waals surface area contributed by atoms with Crippen LogP contribution >= 0.6 is 0 Å². The Bertz CT molecular complexity index is 743. The molecule has 3 rings (SSSR count). The zero-order valence-electron chi connectivity index (χ0n) is 20.9. The normalized spacial score (nSPS) is 20.9. The number of nitrogens with zero attached hydrogens (tertiary/aromatic N) is 3. The Morgan fingerprint density at radius 2 is 1.97 bits per heavy atom. The first kappa shape index (κ1) is 26.8. The monoisotopic (exact) mass is 479 g/mol. The van der Waals surface area contributed by atoms with Crippen molar-refractivity contribution in [2.45, 2.75) is 32.2 Å².